The smallest absolute Gasteiger partial charge is 0.294 e. The normalized spacial score (nSPS) is 15.7. The molecule has 1 fully saturated rings. The molecular weight excluding hydrogens is 400 g/mol. The van der Waals surface area contributed by atoms with E-state index in [0.717, 1.165) is 22.2 Å². The minimum Gasteiger partial charge on any atom is -0.457 e. The van der Waals surface area contributed by atoms with E-state index in [1.807, 2.05) is 26.0 Å². The van der Waals surface area contributed by atoms with Crippen LogP contribution < -0.4 is 5.32 Å². The first-order valence-corrected chi connectivity index (χ1v) is 9.91. The molecule has 3 rings (SSSR count). The SMILES string of the molecule is CC(C)CNC(=O)CN1C(=O)S/C(=C\c2ccc(-c3cccc(Cl)c3)o2)C1=O. The Kier molecular flexibility index (Phi) is 6.26. The second kappa shape index (κ2) is 8.67. The number of rotatable bonds is 6. The Morgan fingerprint density at radius 1 is 1.29 bits per heavy atom. The first-order valence-electron chi connectivity index (χ1n) is 8.71. The van der Waals surface area contributed by atoms with Crippen molar-refractivity contribution < 1.29 is 18.8 Å². The molecule has 1 aliphatic rings. The average molecular weight is 419 g/mol. The van der Waals surface area contributed by atoms with Gasteiger partial charge in [0.15, 0.2) is 0 Å². The van der Waals surface area contributed by atoms with Crippen LogP contribution in [0.3, 0.4) is 0 Å². The molecule has 0 aliphatic carbocycles. The predicted molar refractivity (Wildman–Crippen MR) is 110 cm³/mol. The quantitative estimate of drug-likeness (QED) is 0.703. The zero-order valence-corrected chi connectivity index (χ0v) is 17.0. The van der Waals surface area contributed by atoms with Crippen LogP contribution in [0.2, 0.25) is 5.02 Å². The van der Waals surface area contributed by atoms with Gasteiger partial charge in [0.1, 0.15) is 18.1 Å². The summed E-state index contributed by atoms with van der Waals surface area (Å²) in [7, 11) is 0. The van der Waals surface area contributed by atoms with E-state index in [9.17, 15) is 14.4 Å². The molecule has 1 saturated heterocycles. The number of amides is 3. The van der Waals surface area contributed by atoms with Crippen LogP contribution in [0.15, 0.2) is 45.7 Å². The molecule has 0 radical (unpaired) electrons. The minimum atomic E-state index is -0.504. The van der Waals surface area contributed by atoms with Gasteiger partial charge in [0.25, 0.3) is 11.1 Å². The van der Waals surface area contributed by atoms with Gasteiger partial charge in [0, 0.05) is 23.2 Å². The molecule has 2 heterocycles. The lowest BCUT2D eigenvalue weighted by Crippen LogP contribution is -2.40. The number of furan rings is 1. The van der Waals surface area contributed by atoms with Crippen LogP contribution in [0.1, 0.15) is 19.6 Å². The van der Waals surface area contributed by atoms with E-state index in [-0.39, 0.29) is 23.3 Å². The van der Waals surface area contributed by atoms with Gasteiger partial charge in [-0.3, -0.25) is 19.3 Å². The predicted octanol–water partition coefficient (Wildman–Crippen LogP) is 4.41. The first kappa shape index (κ1) is 20.2. The zero-order valence-electron chi connectivity index (χ0n) is 15.4. The summed E-state index contributed by atoms with van der Waals surface area (Å²) in [5.74, 6) is 0.450. The van der Waals surface area contributed by atoms with Crippen molar-refractivity contribution >= 4 is 46.5 Å². The Bertz CT molecular complexity index is 951. The standard InChI is InChI=1S/C20H19ClN2O4S/c1-12(2)10-22-18(24)11-23-19(25)17(28-20(23)26)9-15-6-7-16(27-15)13-4-3-5-14(21)8-13/h3-9,12H,10-11H2,1-2H3,(H,22,24)/b17-9-. The summed E-state index contributed by atoms with van der Waals surface area (Å²) >= 11 is 6.78. The Balaban J connectivity index is 1.71. The van der Waals surface area contributed by atoms with E-state index in [2.05, 4.69) is 5.32 Å². The molecule has 8 heteroatoms. The van der Waals surface area contributed by atoms with Crippen LogP contribution >= 0.6 is 23.4 Å². The van der Waals surface area contributed by atoms with Crippen LogP contribution in [0.25, 0.3) is 17.4 Å². The molecule has 2 aromatic rings. The Morgan fingerprint density at radius 2 is 2.07 bits per heavy atom. The number of benzene rings is 1. The molecule has 3 amide bonds. The maximum Gasteiger partial charge on any atom is 0.294 e. The molecule has 0 atom stereocenters. The molecule has 1 N–H and O–H groups in total. The summed E-state index contributed by atoms with van der Waals surface area (Å²) in [5, 5.41) is 2.81. The van der Waals surface area contributed by atoms with Gasteiger partial charge >= 0.3 is 0 Å². The van der Waals surface area contributed by atoms with Gasteiger partial charge in [0.05, 0.1) is 4.91 Å². The number of carbonyl (C=O) groups is 3. The highest BCUT2D eigenvalue weighted by Gasteiger charge is 2.36. The topological polar surface area (TPSA) is 79.6 Å². The Labute approximate surface area is 171 Å². The van der Waals surface area contributed by atoms with Gasteiger partial charge in [-0.05, 0) is 41.9 Å². The highest BCUT2D eigenvalue weighted by Crippen LogP contribution is 2.33. The summed E-state index contributed by atoms with van der Waals surface area (Å²) in [4.78, 5) is 37.7. The highest BCUT2D eigenvalue weighted by atomic mass is 35.5. The fraction of sp³-hybridized carbons (Fsp3) is 0.250. The van der Waals surface area contributed by atoms with E-state index >= 15 is 0 Å². The van der Waals surface area contributed by atoms with Crippen LogP contribution in [-0.2, 0) is 9.59 Å². The second-order valence-corrected chi connectivity index (χ2v) is 8.11. The largest absolute Gasteiger partial charge is 0.457 e. The fourth-order valence-electron chi connectivity index (χ4n) is 2.51. The third-order valence-corrected chi connectivity index (χ3v) is 5.03. The van der Waals surface area contributed by atoms with Crippen molar-refractivity contribution in [2.45, 2.75) is 13.8 Å². The number of carbonyl (C=O) groups excluding carboxylic acids is 3. The van der Waals surface area contributed by atoms with Crippen molar-refractivity contribution in [3.63, 3.8) is 0 Å². The van der Waals surface area contributed by atoms with Gasteiger partial charge in [-0.25, -0.2) is 0 Å². The van der Waals surface area contributed by atoms with Gasteiger partial charge in [0.2, 0.25) is 5.91 Å². The molecule has 1 aromatic heterocycles. The van der Waals surface area contributed by atoms with Crippen molar-refractivity contribution in [3.8, 4) is 11.3 Å². The van der Waals surface area contributed by atoms with E-state index in [1.165, 1.54) is 6.08 Å². The number of thioether (sulfide) groups is 1. The molecule has 0 bridgehead atoms. The Hall–Kier alpha value is -2.51. The van der Waals surface area contributed by atoms with E-state index < -0.39 is 11.1 Å². The third-order valence-electron chi connectivity index (χ3n) is 3.89. The number of imide groups is 1. The Morgan fingerprint density at radius 3 is 2.79 bits per heavy atom. The molecule has 0 spiro atoms. The molecular formula is C20H19ClN2O4S. The van der Waals surface area contributed by atoms with Crippen LogP contribution in [0, 0.1) is 5.92 Å². The maximum atomic E-state index is 12.5. The number of halogens is 1. The second-order valence-electron chi connectivity index (χ2n) is 6.68. The number of hydrogen-bond donors (Lipinski definition) is 1. The first-order chi connectivity index (χ1) is 13.3. The fourth-order valence-corrected chi connectivity index (χ4v) is 3.52. The maximum absolute atomic E-state index is 12.5. The van der Waals surface area contributed by atoms with Crippen LogP contribution in [0.4, 0.5) is 4.79 Å². The molecule has 1 aliphatic heterocycles. The van der Waals surface area contributed by atoms with Gasteiger partial charge in [-0.1, -0.05) is 37.6 Å². The molecule has 1 aromatic carbocycles. The average Bonchev–Trinajstić information content (AvgIpc) is 3.21. The summed E-state index contributed by atoms with van der Waals surface area (Å²) in [5.41, 5.74) is 0.807. The molecule has 28 heavy (non-hydrogen) atoms. The van der Waals surface area contributed by atoms with E-state index in [1.54, 1.807) is 24.3 Å². The van der Waals surface area contributed by atoms with Crippen LogP contribution in [-0.4, -0.2) is 35.0 Å². The molecule has 146 valence electrons. The van der Waals surface area contributed by atoms with Crippen molar-refractivity contribution in [1.29, 1.82) is 0 Å². The van der Waals surface area contributed by atoms with Crippen LogP contribution in [0.5, 0.6) is 0 Å². The van der Waals surface area contributed by atoms with E-state index in [4.69, 9.17) is 16.0 Å². The summed E-state index contributed by atoms with van der Waals surface area (Å²) < 4.78 is 5.74. The highest BCUT2D eigenvalue weighted by molar-refractivity contribution is 8.18. The van der Waals surface area contributed by atoms with Crippen molar-refractivity contribution in [2.24, 2.45) is 5.92 Å². The lowest BCUT2D eigenvalue weighted by molar-refractivity contribution is -0.129. The number of nitrogens with one attached hydrogen (secondary N) is 1. The van der Waals surface area contributed by atoms with Crippen molar-refractivity contribution in [2.75, 3.05) is 13.1 Å². The minimum absolute atomic E-state index is 0.216. The molecule has 0 unspecified atom stereocenters. The summed E-state index contributed by atoms with van der Waals surface area (Å²) in [6.07, 6.45) is 1.50. The lowest BCUT2D eigenvalue weighted by atomic mass is 10.2. The third kappa shape index (κ3) is 4.85. The molecule has 0 saturated carbocycles. The van der Waals surface area contributed by atoms with Gasteiger partial charge < -0.3 is 9.73 Å². The van der Waals surface area contributed by atoms with Gasteiger partial charge in [-0.15, -0.1) is 0 Å². The molecule has 6 nitrogen and oxygen atoms in total. The van der Waals surface area contributed by atoms with Crippen molar-refractivity contribution in [1.82, 2.24) is 10.2 Å². The number of nitrogens with zero attached hydrogens (tertiary/aromatic N) is 1. The monoisotopic (exact) mass is 418 g/mol. The number of hydrogen-bond acceptors (Lipinski definition) is 5. The van der Waals surface area contributed by atoms with Crippen molar-refractivity contribution in [3.05, 3.63) is 52.1 Å². The lowest BCUT2D eigenvalue weighted by Gasteiger charge is -2.13. The van der Waals surface area contributed by atoms with Gasteiger partial charge in [-0.2, -0.15) is 0 Å². The zero-order chi connectivity index (χ0) is 20.3. The summed E-state index contributed by atoms with van der Waals surface area (Å²) in [6, 6.07) is 10.7. The van der Waals surface area contributed by atoms with E-state index in [0.29, 0.717) is 23.1 Å². The summed E-state index contributed by atoms with van der Waals surface area (Å²) in [6.45, 7) is 4.12.